The summed E-state index contributed by atoms with van der Waals surface area (Å²) in [6, 6.07) is 2.75. The van der Waals surface area contributed by atoms with Gasteiger partial charge in [-0.1, -0.05) is 0 Å². The van der Waals surface area contributed by atoms with Crippen LogP contribution in [0.25, 0.3) is 0 Å². The smallest absolute Gasteiger partial charge is 0.251 e. The van der Waals surface area contributed by atoms with E-state index in [1.54, 1.807) is 0 Å². The third-order valence-electron chi connectivity index (χ3n) is 2.01. The third kappa shape index (κ3) is 3.94. The summed E-state index contributed by atoms with van der Waals surface area (Å²) in [7, 11) is 1.81. The van der Waals surface area contributed by atoms with Gasteiger partial charge in [-0.25, -0.2) is 8.78 Å². The molecule has 0 radical (unpaired) electrons. The molecule has 0 aliphatic rings. The number of carbonyl (C=O) groups excluding carboxylic acids is 1. The fraction of sp³-hybridized carbons (Fsp3) is 0.364. The zero-order chi connectivity index (χ0) is 12.0. The second kappa shape index (κ2) is 6.17. The Morgan fingerprint density at radius 3 is 2.38 bits per heavy atom. The van der Waals surface area contributed by atoms with Crippen LogP contribution in [0.2, 0.25) is 0 Å². The molecule has 5 heteroatoms. The summed E-state index contributed by atoms with van der Waals surface area (Å²) < 4.78 is 25.6. The van der Waals surface area contributed by atoms with Crippen LogP contribution < -0.4 is 10.6 Å². The fourth-order valence-corrected chi connectivity index (χ4v) is 1.25. The predicted octanol–water partition coefficient (Wildman–Crippen LogP) is 1.30. The van der Waals surface area contributed by atoms with Crippen molar-refractivity contribution in [2.24, 2.45) is 0 Å². The van der Waals surface area contributed by atoms with E-state index >= 15 is 0 Å². The maximum absolute atomic E-state index is 12.8. The Hall–Kier alpha value is -1.49. The molecule has 0 fully saturated rings. The minimum atomic E-state index is -0.750. The summed E-state index contributed by atoms with van der Waals surface area (Å²) in [4.78, 5) is 11.4. The van der Waals surface area contributed by atoms with Crippen LogP contribution in [-0.4, -0.2) is 26.0 Å². The summed E-state index contributed by atoms with van der Waals surface area (Å²) in [5.74, 6) is -1.96. The van der Waals surface area contributed by atoms with Crippen molar-refractivity contribution in [2.75, 3.05) is 20.1 Å². The van der Waals surface area contributed by atoms with E-state index in [4.69, 9.17) is 0 Å². The van der Waals surface area contributed by atoms with Gasteiger partial charge >= 0.3 is 0 Å². The van der Waals surface area contributed by atoms with Gasteiger partial charge in [-0.3, -0.25) is 4.79 Å². The molecule has 0 aliphatic carbocycles. The fourth-order valence-electron chi connectivity index (χ4n) is 1.25. The van der Waals surface area contributed by atoms with Crippen molar-refractivity contribution < 1.29 is 13.6 Å². The Morgan fingerprint density at radius 1 is 1.19 bits per heavy atom. The number of amides is 1. The summed E-state index contributed by atoms with van der Waals surface area (Å²) >= 11 is 0. The van der Waals surface area contributed by atoms with Crippen LogP contribution in [0.5, 0.6) is 0 Å². The molecule has 3 nitrogen and oxygen atoms in total. The molecule has 1 aromatic carbocycles. The lowest BCUT2D eigenvalue weighted by atomic mass is 10.2. The van der Waals surface area contributed by atoms with Gasteiger partial charge in [-0.2, -0.15) is 0 Å². The molecular formula is C11H14F2N2O. The lowest BCUT2D eigenvalue weighted by molar-refractivity contribution is 0.0952. The first kappa shape index (κ1) is 12.6. The predicted molar refractivity (Wildman–Crippen MR) is 57.2 cm³/mol. The molecule has 0 aromatic heterocycles. The van der Waals surface area contributed by atoms with Gasteiger partial charge in [0.15, 0.2) is 0 Å². The van der Waals surface area contributed by atoms with E-state index in [1.165, 1.54) is 0 Å². The highest BCUT2D eigenvalue weighted by molar-refractivity contribution is 5.94. The van der Waals surface area contributed by atoms with Crippen LogP contribution >= 0.6 is 0 Å². The normalized spacial score (nSPS) is 10.2. The zero-order valence-electron chi connectivity index (χ0n) is 9.02. The van der Waals surface area contributed by atoms with Crippen molar-refractivity contribution in [1.29, 1.82) is 0 Å². The van der Waals surface area contributed by atoms with Crippen molar-refractivity contribution in [2.45, 2.75) is 6.42 Å². The van der Waals surface area contributed by atoms with Gasteiger partial charge in [0.2, 0.25) is 0 Å². The van der Waals surface area contributed by atoms with Crippen molar-refractivity contribution in [3.63, 3.8) is 0 Å². The van der Waals surface area contributed by atoms with Crippen LogP contribution in [-0.2, 0) is 0 Å². The maximum atomic E-state index is 12.8. The largest absolute Gasteiger partial charge is 0.352 e. The molecule has 16 heavy (non-hydrogen) atoms. The summed E-state index contributed by atoms with van der Waals surface area (Å²) in [5.41, 5.74) is 0.00181. The van der Waals surface area contributed by atoms with E-state index in [-0.39, 0.29) is 5.56 Å². The lowest BCUT2D eigenvalue weighted by Gasteiger charge is -2.05. The van der Waals surface area contributed by atoms with E-state index in [9.17, 15) is 13.6 Å². The third-order valence-corrected chi connectivity index (χ3v) is 2.01. The van der Waals surface area contributed by atoms with E-state index in [0.717, 1.165) is 31.2 Å². The minimum Gasteiger partial charge on any atom is -0.352 e. The van der Waals surface area contributed by atoms with Crippen LogP contribution in [0.4, 0.5) is 8.78 Å². The molecule has 0 spiro atoms. The Bertz CT molecular complexity index is 349. The number of halogens is 2. The monoisotopic (exact) mass is 228 g/mol. The first-order valence-electron chi connectivity index (χ1n) is 5.02. The van der Waals surface area contributed by atoms with Crippen molar-refractivity contribution >= 4 is 5.91 Å². The number of hydrogen-bond acceptors (Lipinski definition) is 2. The lowest BCUT2D eigenvalue weighted by Crippen LogP contribution is -2.26. The van der Waals surface area contributed by atoms with Gasteiger partial charge in [0.05, 0.1) is 0 Å². The summed E-state index contributed by atoms with van der Waals surface area (Å²) in [6.07, 6.45) is 0.764. The number of hydrogen-bond donors (Lipinski definition) is 2. The molecule has 0 saturated carbocycles. The molecule has 0 atom stereocenters. The van der Waals surface area contributed by atoms with Gasteiger partial charge in [0.1, 0.15) is 11.6 Å². The van der Waals surface area contributed by atoms with Gasteiger partial charge in [0.25, 0.3) is 5.91 Å². The molecule has 1 rings (SSSR count). The zero-order valence-corrected chi connectivity index (χ0v) is 9.02. The minimum absolute atomic E-state index is 0.00181. The summed E-state index contributed by atoms with van der Waals surface area (Å²) in [6.45, 7) is 1.25. The van der Waals surface area contributed by atoms with E-state index in [1.807, 2.05) is 7.05 Å². The standard InChI is InChI=1S/C11H14F2N2O/c1-14-3-2-4-15-11(16)8-5-9(12)7-10(13)6-8/h5-7,14H,2-4H2,1H3,(H,15,16). The summed E-state index contributed by atoms with van der Waals surface area (Å²) in [5, 5.41) is 5.50. The van der Waals surface area contributed by atoms with Crippen LogP contribution in [0.15, 0.2) is 18.2 Å². The van der Waals surface area contributed by atoms with E-state index in [0.29, 0.717) is 6.54 Å². The second-order valence-electron chi connectivity index (χ2n) is 3.37. The molecule has 0 aliphatic heterocycles. The highest BCUT2D eigenvalue weighted by Crippen LogP contribution is 2.07. The van der Waals surface area contributed by atoms with Crippen molar-refractivity contribution in [3.05, 3.63) is 35.4 Å². The Balaban J connectivity index is 2.52. The van der Waals surface area contributed by atoms with Gasteiger partial charge in [0, 0.05) is 18.2 Å². The molecule has 0 bridgehead atoms. The van der Waals surface area contributed by atoms with Gasteiger partial charge < -0.3 is 10.6 Å². The number of rotatable bonds is 5. The quantitative estimate of drug-likeness (QED) is 0.746. The van der Waals surface area contributed by atoms with Crippen molar-refractivity contribution in [1.82, 2.24) is 10.6 Å². The van der Waals surface area contributed by atoms with E-state index < -0.39 is 17.5 Å². The van der Waals surface area contributed by atoms with E-state index in [2.05, 4.69) is 10.6 Å². The SMILES string of the molecule is CNCCCNC(=O)c1cc(F)cc(F)c1. The van der Waals surface area contributed by atoms with Crippen LogP contribution in [0.1, 0.15) is 16.8 Å². The molecule has 0 saturated heterocycles. The highest BCUT2D eigenvalue weighted by Gasteiger charge is 2.08. The van der Waals surface area contributed by atoms with Crippen LogP contribution in [0, 0.1) is 11.6 Å². The first-order valence-corrected chi connectivity index (χ1v) is 5.02. The molecule has 1 amide bonds. The van der Waals surface area contributed by atoms with Gasteiger partial charge in [-0.05, 0) is 32.1 Å². The van der Waals surface area contributed by atoms with Crippen molar-refractivity contribution in [3.8, 4) is 0 Å². The molecule has 0 heterocycles. The molecule has 2 N–H and O–H groups in total. The Labute approximate surface area is 92.8 Å². The number of nitrogens with one attached hydrogen (secondary N) is 2. The topological polar surface area (TPSA) is 41.1 Å². The Kier molecular flexibility index (Phi) is 4.85. The molecular weight excluding hydrogens is 214 g/mol. The Morgan fingerprint density at radius 2 is 1.81 bits per heavy atom. The number of benzene rings is 1. The second-order valence-corrected chi connectivity index (χ2v) is 3.37. The molecule has 88 valence electrons. The van der Waals surface area contributed by atoms with Gasteiger partial charge in [-0.15, -0.1) is 0 Å². The highest BCUT2D eigenvalue weighted by atomic mass is 19.1. The molecule has 1 aromatic rings. The average Bonchev–Trinajstić information content (AvgIpc) is 2.22. The number of carbonyl (C=O) groups is 1. The first-order chi connectivity index (χ1) is 7.63. The van der Waals surface area contributed by atoms with Crippen LogP contribution in [0.3, 0.4) is 0 Å². The molecule has 0 unspecified atom stereocenters. The maximum Gasteiger partial charge on any atom is 0.251 e. The average molecular weight is 228 g/mol.